The van der Waals surface area contributed by atoms with Crippen LogP contribution in [-0.4, -0.2) is 43.7 Å². The minimum atomic E-state index is -0.858. The number of nitrogens with one attached hydrogen (secondary N) is 1. The number of benzene rings is 2. The predicted octanol–water partition coefficient (Wildman–Crippen LogP) is 3.69. The number of halogens is 3. The van der Waals surface area contributed by atoms with Crippen LogP contribution in [0, 0.1) is 11.6 Å². The molecule has 1 saturated heterocycles. The van der Waals surface area contributed by atoms with Crippen LogP contribution in [0.1, 0.15) is 5.56 Å². The summed E-state index contributed by atoms with van der Waals surface area (Å²) in [6.07, 6.45) is 0.709. The quantitative estimate of drug-likeness (QED) is 0.879. The van der Waals surface area contributed by atoms with Gasteiger partial charge in [0.15, 0.2) is 11.6 Å². The van der Waals surface area contributed by atoms with Crippen molar-refractivity contribution in [3.05, 3.63) is 64.7 Å². The third kappa shape index (κ3) is 4.64. The largest absolute Gasteiger partial charge is 0.368 e. The van der Waals surface area contributed by atoms with Gasteiger partial charge in [0.2, 0.25) is 0 Å². The van der Waals surface area contributed by atoms with E-state index in [2.05, 4.69) is 5.32 Å². The lowest BCUT2D eigenvalue weighted by Gasteiger charge is -2.36. The first kappa shape index (κ1) is 18.5. The monoisotopic (exact) mass is 379 g/mol. The summed E-state index contributed by atoms with van der Waals surface area (Å²) in [5.41, 5.74) is 1.70. The number of amides is 2. The topological polar surface area (TPSA) is 35.6 Å². The third-order valence-electron chi connectivity index (χ3n) is 4.41. The molecule has 2 aromatic carbocycles. The highest BCUT2D eigenvalue weighted by atomic mass is 35.5. The molecular formula is C19H20ClF2N3O. The highest BCUT2D eigenvalue weighted by molar-refractivity contribution is 6.30. The molecule has 26 heavy (non-hydrogen) atoms. The Kier molecular flexibility index (Phi) is 5.93. The van der Waals surface area contributed by atoms with Gasteiger partial charge in [0.25, 0.3) is 0 Å². The SMILES string of the molecule is O=C(NCCc1cccc(Cl)c1)N1CCN(c2ccc(F)c(F)c2)CC1. The van der Waals surface area contributed by atoms with E-state index in [1.807, 2.05) is 29.2 Å². The summed E-state index contributed by atoms with van der Waals surface area (Å²) in [7, 11) is 0. The summed E-state index contributed by atoms with van der Waals surface area (Å²) in [6, 6.07) is 11.3. The Morgan fingerprint density at radius 3 is 2.50 bits per heavy atom. The molecule has 1 heterocycles. The Bertz CT molecular complexity index is 779. The van der Waals surface area contributed by atoms with Crippen LogP contribution in [0.2, 0.25) is 5.02 Å². The van der Waals surface area contributed by atoms with E-state index in [0.29, 0.717) is 49.9 Å². The van der Waals surface area contributed by atoms with Crippen LogP contribution in [0.4, 0.5) is 19.3 Å². The second-order valence-electron chi connectivity index (χ2n) is 6.18. The van der Waals surface area contributed by atoms with Crippen LogP contribution in [0.25, 0.3) is 0 Å². The summed E-state index contributed by atoms with van der Waals surface area (Å²) in [6.45, 7) is 2.74. The van der Waals surface area contributed by atoms with Crippen molar-refractivity contribution in [1.29, 1.82) is 0 Å². The summed E-state index contributed by atoms with van der Waals surface area (Å²) >= 11 is 5.95. The van der Waals surface area contributed by atoms with Gasteiger partial charge in [-0.1, -0.05) is 23.7 Å². The van der Waals surface area contributed by atoms with Crippen molar-refractivity contribution in [1.82, 2.24) is 10.2 Å². The van der Waals surface area contributed by atoms with Crippen molar-refractivity contribution >= 4 is 23.3 Å². The number of hydrogen-bond donors (Lipinski definition) is 1. The molecule has 7 heteroatoms. The Balaban J connectivity index is 1.45. The molecule has 3 rings (SSSR count). The normalized spacial score (nSPS) is 14.4. The summed E-state index contributed by atoms with van der Waals surface area (Å²) in [5.74, 6) is -1.71. The maximum absolute atomic E-state index is 13.4. The fourth-order valence-corrected chi connectivity index (χ4v) is 3.18. The fourth-order valence-electron chi connectivity index (χ4n) is 2.97. The number of hydrogen-bond acceptors (Lipinski definition) is 2. The molecule has 1 aliphatic rings. The van der Waals surface area contributed by atoms with E-state index < -0.39 is 11.6 Å². The van der Waals surface area contributed by atoms with Gasteiger partial charge in [0.05, 0.1) is 0 Å². The average molecular weight is 380 g/mol. The number of piperazine rings is 1. The summed E-state index contributed by atoms with van der Waals surface area (Å²) in [5, 5.41) is 3.59. The molecule has 4 nitrogen and oxygen atoms in total. The zero-order valence-electron chi connectivity index (χ0n) is 14.2. The third-order valence-corrected chi connectivity index (χ3v) is 4.65. The van der Waals surface area contributed by atoms with E-state index in [-0.39, 0.29) is 6.03 Å². The number of nitrogens with zero attached hydrogens (tertiary/aromatic N) is 2. The minimum Gasteiger partial charge on any atom is -0.368 e. The maximum Gasteiger partial charge on any atom is 0.317 e. The second kappa shape index (κ2) is 8.36. The van der Waals surface area contributed by atoms with Crippen molar-refractivity contribution < 1.29 is 13.6 Å². The molecule has 0 radical (unpaired) electrons. The van der Waals surface area contributed by atoms with E-state index in [9.17, 15) is 13.6 Å². The van der Waals surface area contributed by atoms with Gasteiger partial charge < -0.3 is 15.1 Å². The van der Waals surface area contributed by atoms with Gasteiger partial charge in [0, 0.05) is 49.5 Å². The first-order valence-electron chi connectivity index (χ1n) is 8.50. The molecule has 1 fully saturated rings. The summed E-state index contributed by atoms with van der Waals surface area (Å²) < 4.78 is 26.4. The molecule has 0 aliphatic carbocycles. The maximum atomic E-state index is 13.4. The Morgan fingerprint density at radius 1 is 1.04 bits per heavy atom. The van der Waals surface area contributed by atoms with Crippen LogP contribution in [0.5, 0.6) is 0 Å². The molecule has 0 bridgehead atoms. The lowest BCUT2D eigenvalue weighted by Crippen LogP contribution is -2.52. The zero-order chi connectivity index (χ0) is 18.5. The number of anilines is 1. The van der Waals surface area contributed by atoms with Crippen molar-refractivity contribution in [2.45, 2.75) is 6.42 Å². The lowest BCUT2D eigenvalue weighted by atomic mass is 10.1. The van der Waals surface area contributed by atoms with Crippen molar-refractivity contribution in [3.63, 3.8) is 0 Å². The smallest absolute Gasteiger partial charge is 0.317 e. The number of carbonyl (C=O) groups is 1. The average Bonchev–Trinajstić information content (AvgIpc) is 2.64. The van der Waals surface area contributed by atoms with Crippen LogP contribution >= 0.6 is 11.6 Å². The number of carbonyl (C=O) groups excluding carboxylic acids is 1. The molecule has 0 spiro atoms. The lowest BCUT2D eigenvalue weighted by molar-refractivity contribution is 0.194. The van der Waals surface area contributed by atoms with Gasteiger partial charge in [-0.05, 0) is 36.2 Å². The molecule has 0 unspecified atom stereocenters. The van der Waals surface area contributed by atoms with Crippen molar-refractivity contribution in [2.75, 3.05) is 37.6 Å². The molecule has 2 aromatic rings. The van der Waals surface area contributed by atoms with Gasteiger partial charge in [-0.3, -0.25) is 0 Å². The molecule has 138 valence electrons. The van der Waals surface area contributed by atoms with Gasteiger partial charge in [-0.25, -0.2) is 13.6 Å². The van der Waals surface area contributed by atoms with E-state index in [1.165, 1.54) is 6.07 Å². The standard InChI is InChI=1S/C19H20ClF2N3O/c20-15-3-1-2-14(12-15)6-7-23-19(26)25-10-8-24(9-11-25)16-4-5-17(21)18(22)13-16/h1-5,12-13H,6-11H2,(H,23,26). The molecule has 0 aromatic heterocycles. The molecule has 1 aliphatic heterocycles. The fraction of sp³-hybridized carbons (Fsp3) is 0.316. The Labute approximate surface area is 156 Å². The molecule has 1 N–H and O–H groups in total. The minimum absolute atomic E-state index is 0.114. The van der Waals surface area contributed by atoms with Crippen LogP contribution in [0.3, 0.4) is 0 Å². The number of urea groups is 1. The van der Waals surface area contributed by atoms with Gasteiger partial charge in [-0.2, -0.15) is 0 Å². The van der Waals surface area contributed by atoms with E-state index in [1.54, 1.807) is 11.0 Å². The molecule has 2 amide bonds. The predicted molar refractivity (Wildman–Crippen MR) is 98.7 cm³/mol. The number of rotatable bonds is 4. The van der Waals surface area contributed by atoms with Gasteiger partial charge >= 0.3 is 6.03 Å². The van der Waals surface area contributed by atoms with E-state index in [4.69, 9.17) is 11.6 Å². The van der Waals surface area contributed by atoms with Crippen LogP contribution in [-0.2, 0) is 6.42 Å². The highest BCUT2D eigenvalue weighted by Crippen LogP contribution is 2.19. The summed E-state index contributed by atoms with van der Waals surface area (Å²) in [4.78, 5) is 15.9. The van der Waals surface area contributed by atoms with E-state index in [0.717, 1.165) is 11.6 Å². The van der Waals surface area contributed by atoms with Crippen LogP contribution < -0.4 is 10.2 Å². The Morgan fingerprint density at radius 2 is 1.81 bits per heavy atom. The van der Waals surface area contributed by atoms with E-state index >= 15 is 0 Å². The van der Waals surface area contributed by atoms with Gasteiger partial charge in [0.1, 0.15) is 0 Å². The Hall–Kier alpha value is -2.34. The van der Waals surface area contributed by atoms with Gasteiger partial charge in [-0.15, -0.1) is 0 Å². The van der Waals surface area contributed by atoms with Crippen molar-refractivity contribution in [3.8, 4) is 0 Å². The highest BCUT2D eigenvalue weighted by Gasteiger charge is 2.21. The first-order valence-corrected chi connectivity index (χ1v) is 8.88. The molecule has 0 atom stereocenters. The molecular weight excluding hydrogens is 360 g/mol. The van der Waals surface area contributed by atoms with Crippen molar-refractivity contribution in [2.24, 2.45) is 0 Å². The molecule has 0 saturated carbocycles. The zero-order valence-corrected chi connectivity index (χ0v) is 15.0. The second-order valence-corrected chi connectivity index (χ2v) is 6.62. The first-order chi connectivity index (χ1) is 12.5. The van der Waals surface area contributed by atoms with Crippen LogP contribution in [0.15, 0.2) is 42.5 Å².